The van der Waals surface area contributed by atoms with E-state index in [1.807, 2.05) is 35.0 Å². The molecule has 3 heterocycles. The smallest absolute Gasteiger partial charge is 0.248 e. The summed E-state index contributed by atoms with van der Waals surface area (Å²) in [4.78, 5) is 18.1. The summed E-state index contributed by atoms with van der Waals surface area (Å²) < 4.78 is 20.1. The maximum atomic E-state index is 13.3. The van der Waals surface area contributed by atoms with Crippen molar-refractivity contribution in [2.24, 2.45) is 0 Å². The minimum atomic E-state index is -0.986. The molecule has 5 rings (SSSR count). The molecule has 1 saturated heterocycles. The Balaban J connectivity index is 1.45. The number of rotatable bonds is 7. The third-order valence-electron chi connectivity index (χ3n) is 6.58. The molecule has 8 nitrogen and oxygen atoms in total. The molecular formula is C27H28FN5O3. The highest BCUT2D eigenvalue weighted by molar-refractivity contribution is 5.95. The number of carbonyl (C=O) groups is 1. The Morgan fingerprint density at radius 3 is 2.58 bits per heavy atom. The first kappa shape index (κ1) is 23.9. The Hall–Kier alpha value is -3.82. The SMILES string of the molecule is COCC(=O)N1CCC(O)(Cn2nc(-c3cccnc3)c3cc(Nc4ccc(F)cc4)ccc32)CC1. The van der Waals surface area contributed by atoms with Crippen LogP contribution in [0.25, 0.3) is 22.2 Å². The first-order chi connectivity index (χ1) is 17.4. The van der Waals surface area contributed by atoms with Crippen molar-refractivity contribution in [1.29, 1.82) is 0 Å². The van der Waals surface area contributed by atoms with Gasteiger partial charge in [0.05, 0.1) is 17.7 Å². The van der Waals surface area contributed by atoms with Crippen LogP contribution in [-0.2, 0) is 16.1 Å². The van der Waals surface area contributed by atoms with Crippen molar-refractivity contribution < 1.29 is 19.0 Å². The lowest BCUT2D eigenvalue weighted by Gasteiger charge is -2.38. The first-order valence-electron chi connectivity index (χ1n) is 11.9. The third-order valence-corrected chi connectivity index (χ3v) is 6.58. The van der Waals surface area contributed by atoms with Crippen LogP contribution in [0.15, 0.2) is 67.0 Å². The normalized spacial score (nSPS) is 15.2. The van der Waals surface area contributed by atoms with Crippen LogP contribution >= 0.6 is 0 Å². The van der Waals surface area contributed by atoms with E-state index in [0.717, 1.165) is 33.5 Å². The average molecular weight is 490 g/mol. The lowest BCUT2D eigenvalue weighted by molar-refractivity contribution is -0.139. The predicted molar refractivity (Wildman–Crippen MR) is 135 cm³/mol. The summed E-state index contributed by atoms with van der Waals surface area (Å²) in [5.41, 5.74) is 3.13. The quantitative estimate of drug-likeness (QED) is 0.408. The number of halogens is 1. The van der Waals surface area contributed by atoms with Gasteiger partial charge in [0.2, 0.25) is 5.91 Å². The molecule has 9 heteroatoms. The zero-order chi connectivity index (χ0) is 25.1. The Labute approximate surface area is 208 Å². The molecule has 4 aromatic rings. The summed E-state index contributed by atoms with van der Waals surface area (Å²) in [6.07, 6.45) is 4.39. The van der Waals surface area contributed by atoms with Gasteiger partial charge in [-0.1, -0.05) is 0 Å². The van der Waals surface area contributed by atoms with Gasteiger partial charge < -0.3 is 20.1 Å². The lowest BCUT2D eigenvalue weighted by atomic mass is 9.91. The van der Waals surface area contributed by atoms with E-state index in [-0.39, 0.29) is 18.3 Å². The van der Waals surface area contributed by atoms with E-state index in [2.05, 4.69) is 10.3 Å². The summed E-state index contributed by atoms with van der Waals surface area (Å²) in [5.74, 6) is -0.355. The van der Waals surface area contributed by atoms with Crippen LogP contribution < -0.4 is 5.32 Å². The maximum absolute atomic E-state index is 13.3. The Morgan fingerprint density at radius 2 is 1.89 bits per heavy atom. The number of piperidine rings is 1. The van der Waals surface area contributed by atoms with Crippen molar-refractivity contribution in [3.05, 3.63) is 72.8 Å². The summed E-state index contributed by atoms with van der Waals surface area (Å²) in [7, 11) is 1.50. The summed E-state index contributed by atoms with van der Waals surface area (Å²) in [6, 6.07) is 15.9. The number of pyridine rings is 1. The Bertz CT molecular complexity index is 1350. The number of nitrogens with one attached hydrogen (secondary N) is 1. The van der Waals surface area contributed by atoms with Crippen LogP contribution in [0, 0.1) is 5.82 Å². The second-order valence-corrected chi connectivity index (χ2v) is 9.15. The molecule has 1 aliphatic rings. The number of ether oxygens (including phenoxy) is 1. The summed E-state index contributed by atoms with van der Waals surface area (Å²) in [6.45, 7) is 1.30. The van der Waals surface area contributed by atoms with Crippen LogP contribution in [-0.4, -0.2) is 63.1 Å². The molecule has 0 aliphatic carbocycles. The van der Waals surface area contributed by atoms with Crippen molar-refractivity contribution in [1.82, 2.24) is 19.7 Å². The van der Waals surface area contributed by atoms with E-state index in [1.165, 1.54) is 19.2 Å². The number of hydrogen-bond donors (Lipinski definition) is 2. The largest absolute Gasteiger partial charge is 0.388 e. The number of amides is 1. The van der Waals surface area contributed by atoms with Gasteiger partial charge in [-0.25, -0.2) is 4.39 Å². The number of likely N-dealkylation sites (tertiary alicyclic amines) is 1. The van der Waals surface area contributed by atoms with Crippen molar-refractivity contribution in [2.75, 3.05) is 32.1 Å². The molecule has 0 saturated carbocycles. The fraction of sp³-hybridized carbons (Fsp3) is 0.296. The average Bonchev–Trinajstić information content (AvgIpc) is 3.23. The van der Waals surface area contributed by atoms with Gasteiger partial charge in [-0.3, -0.25) is 14.5 Å². The molecule has 0 spiro atoms. The second-order valence-electron chi connectivity index (χ2n) is 9.15. The molecule has 0 radical (unpaired) electrons. The number of hydrogen-bond acceptors (Lipinski definition) is 6. The van der Waals surface area contributed by atoms with Gasteiger partial charge in [-0.15, -0.1) is 0 Å². The fourth-order valence-electron chi connectivity index (χ4n) is 4.62. The molecule has 1 fully saturated rings. The minimum Gasteiger partial charge on any atom is -0.388 e. The molecule has 2 aromatic heterocycles. The van der Waals surface area contributed by atoms with Crippen LogP contribution in [0.3, 0.4) is 0 Å². The Morgan fingerprint density at radius 1 is 1.14 bits per heavy atom. The fourth-order valence-corrected chi connectivity index (χ4v) is 4.62. The van der Waals surface area contributed by atoms with Gasteiger partial charge >= 0.3 is 0 Å². The summed E-state index contributed by atoms with van der Waals surface area (Å²) in [5, 5.41) is 20.5. The Kier molecular flexibility index (Phi) is 6.67. The number of anilines is 2. The van der Waals surface area contributed by atoms with E-state index >= 15 is 0 Å². The first-order valence-corrected chi connectivity index (χ1v) is 11.9. The highest BCUT2D eigenvalue weighted by atomic mass is 19.1. The number of benzene rings is 2. The van der Waals surface area contributed by atoms with E-state index in [4.69, 9.17) is 9.84 Å². The molecule has 0 bridgehead atoms. The molecule has 1 amide bonds. The zero-order valence-electron chi connectivity index (χ0n) is 20.0. The van der Waals surface area contributed by atoms with Gasteiger partial charge in [0.15, 0.2) is 0 Å². The second kappa shape index (κ2) is 10.0. The van der Waals surface area contributed by atoms with Gasteiger partial charge in [0, 0.05) is 54.9 Å². The van der Waals surface area contributed by atoms with Gasteiger partial charge in [0.25, 0.3) is 0 Å². The molecule has 0 unspecified atom stereocenters. The van der Waals surface area contributed by atoms with Gasteiger partial charge in [0.1, 0.15) is 18.1 Å². The van der Waals surface area contributed by atoms with Gasteiger partial charge in [-0.2, -0.15) is 5.10 Å². The van der Waals surface area contributed by atoms with Crippen LogP contribution in [0.4, 0.5) is 15.8 Å². The molecule has 1 aliphatic heterocycles. The predicted octanol–water partition coefficient (Wildman–Crippen LogP) is 3.98. The maximum Gasteiger partial charge on any atom is 0.248 e. The van der Waals surface area contributed by atoms with Crippen LogP contribution in [0.5, 0.6) is 0 Å². The molecule has 186 valence electrons. The topological polar surface area (TPSA) is 92.5 Å². The molecule has 0 atom stereocenters. The minimum absolute atomic E-state index is 0.0466. The van der Waals surface area contributed by atoms with E-state index < -0.39 is 5.60 Å². The van der Waals surface area contributed by atoms with E-state index in [1.54, 1.807) is 29.4 Å². The van der Waals surface area contributed by atoms with E-state index in [0.29, 0.717) is 32.5 Å². The highest BCUT2D eigenvalue weighted by Gasteiger charge is 2.35. The number of fused-ring (bicyclic) bond motifs is 1. The van der Waals surface area contributed by atoms with Crippen molar-refractivity contribution in [3.63, 3.8) is 0 Å². The number of methoxy groups -OCH3 is 1. The van der Waals surface area contributed by atoms with E-state index in [9.17, 15) is 14.3 Å². The molecular weight excluding hydrogens is 461 g/mol. The number of carbonyl (C=O) groups excluding carboxylic acids is 1. The highest BCUT2D eigenvalue weighted by Crippen LogP contribution is 2.33. The lowest BCUT2D eigenvalue weighted by Crippen LogP contribution is -2.49. The summed E-state index contributed by atoms with van der Waals surface area (Å²) >= 11 is 0. The zero-order valence-corrected chi connectivity index (χ0v) is 20.0. The number of aliphatic hydroxyl groups is 1. The van der Waals surface area contributed by atoms with Gasteiger partial charge in [-0.05, 0) is 67.4 Å². The third kappa shape index (κ3) is 5.07. The number of nitrogens with zero attached hydrogens (tertiary/aromatic N) is 4. The standard InChI is InChI=1S/C27H28FN5O3/c1-36-17-25(34)32-13-10-27(35,11-14-32)18-33-24-9-8-22(30-21-6-4-20(28)5-7-21)15-23(24)26(31-33)19-3-2-12-29-16-19/h2-9,12,15-16,30,35H,10-11,13-14,17-18H2,1H3. The monoisotopic (exact) mass is 489 g/mol. The van der Waals surface area contributed by atoms with Crippen molar-refractivity contribution >= 4 is 28.2 Å². The number of aromatic nitrogens is 3. The molecule has 2 aromatic carbocycles. The van der Waals surface area contributed by atoms with Crippen LogP contribution in [0.2, 0.25) is 0 Å². The molecule has 2 N–H and O–H groups in total. The van der Waals surface area contributed by atoms with Crippen molar-refractivity contribution in [2.45, 2.75) is 25.0 Å². The van der Waals surface area contributed by atoms with Crippen molar-refractivity contribution in [3.8, 4) is 11.3 Å². The van der Waals surface area contributed by atoms with Crippen LogP contribution in [0.1, 0.15) is 12.8 Å². The molecule has 36 heavy (non-hydrogen) atoms.